The molecule has 0 bridgehead atoms. The van der Waals surface area contributed by atoms with Crippen molar-refractivity contribution in [2.24, 2.45) is 5.92 Å². The molecule has 5 nitrogen and oxygen atoms in total. The summed E-state index contributed by atoms with van der Waals surface area (Å²) in [5.41, 5.74) is 6.26. The smallest absolute Gasteiger partial charge is 0.360 e. The number of ether oxygens (including phenoxy) is 1. The van der Waals surface area contributed by atoms with Gasteiger partial charge in [0, 0.05) is 6.04 Å². The van der Waals surface area contributed by atoms with Gasteiger partial charge in [0.05, 0.1) is 13.4 Å². The summed E-state index contributed by atoms with van der Waals surface area (Å²) in [6.45, 7) is 2.21. The summed E-state index contributed by atoms with van der Waals surface area (Å²) in [6.07, 6.45) is 7.65. The molecule has 1 aromatic rings. The van der Waals surface area contributed by atoms with Gasteiger partial charge in [-0.3, -0.25) is 0 Å². The molecular formula is C13H21N3O2. The van der Waals surface area contributed by atoms with Crippen molar-refractivity contribution in [3.8, 4) is 0 Å². The quantitative estimate of drug-likeness (QED) is 0.837. The first kappa shape index (κ1) is 12.9. The minimum Gasteiger partial charge on any atom is -0.464 e. The molecule has 0 aromatic carbocycles. The fraction of sp³-hybridized carbons (Fsp3) is 0.692. The molecule has 0 radical (unpaired) electrons. The molecule has 2 N–H and O–H groups in total. The second kappa shape index (κ2) is 5.42. The van der Waals surface area contributed by atoms with E-state index in [-0.39, 0.29) is 5.69 Å². The van der Waals surface area contributed by atoms with Gasteiger partial charge in [0.2, 0.25) is 0 Å². The summed E-state index contributed by atoms with van der Waals surface area (Å²) in [5, 5.41) is 0. The van der Waals surface area contributed by atoms with Crippen LogP contribution in [0.15, 0.2) is 6.33 Å². The van der Waals surface area contributed by atoms with Crippen molar-refractivity contribution in [1.82, 2.24) is 9.55 Å². The van der Waals surface area contributed by atoms with Crippen molar-refractivity contribution in [2.75, 3.05) is 12.8 Å². The third kappa shape index (κ3) is 2.21. The summed E-state index contributed by atoms with van der Waals surface area (Å²) in [6, 6.07) is 0.370. The number of hydrogen-bond acceptors (Lipinski definition) is 4. The summed E-state index contributed by atoms with van der Waals surface area (Å²) in [7, 11) is 1.34. The van der Waals surface area contributed by atoms with Crippen LogP contribution >= 0.6 is 0 Å². The van der Waals surface area contributed by atoms with E-state index < -0.39 is 5.97 Å². The van der Waals surface area contributed by atoms with Gasteiger partial charge in [0.15, 0.2) is 5.69 Å². The van der Waals surface area contributed by atoms with E-state index in [1.54, 1.807) is 6.33 Å². The van der Waals surface area contributed by atoms with Crippen LogP contribution in [0.5, 0.6) is 0 Å². The highest BCUT2D eigenvalue weighted by Gasteiger charge is 2.28. The maximum Gasteiger partial charge on any atom is 0.360 e. The van der Waals surface area contributed by atoms with E-state index in [1.807, 2.05) is 4.57 Å². The highest BCUT2D eigenvalue weighted by atomic mass is 16.5. The predicted octanol–water partition coefficient (Wildman–Crippen LogP) is 2.39. The molecule has 100 valence electrons. The van der Waals surface area contributed by atoms with Gasteiger partial charge < -0.3 is 15.0 Å². The van der Waals surface area contributed by atoms with E-state index >= 15 is 0 Å². The van der Waals surface area contributed by atoms with Gasteiger partial charge >= 0.3 is 5.97 Å². The maximum absolute atomic E-state index is 11.5. The van der Waals surface area contributed by atoms with E-state index in [1.165, 1.54) is 26.4 Å². The average molecular weight is 251 g/mol. The van der Waals surface area contributed by atoms with Crippen LogP contribution in [0.1, 0.15) is 55.6 Å². The molecular weight excluding hydrogens is 230 g/mol. The number of methoxy groups -OCH3 is 1. The number of carbonyl (C=O) groups excluding carboxylic acids is 1. The zero-order valence-corrected chi connectivity index (χ0v) is 11.1. The fourth-order valence-corrected chi connectivity index (χ4v) is 2.92. The molecule has 1 aliphatic rings. The topological polar surface area (TPSA) is 70.1 Å². The Balaban J connectivity index is 2.27. The monoisotopic (exact) mass is 251 g/mol. The average Bonchev–Trinajstić information content (AvgIpc) is 2.79. The number of esters is 1. The van der Waals surface area contributed by atoms with Gasteiger partial charge in [-0.05, 0) is 18.8 Å². The Hall–Kier alpha value is -1.52. The zero-order valence-electron chi connectivity index (χ0n) is 11.1. The highest BCUT2D eigenvalue weighted by molar-refractivity contribution is 5.92. The largest absolute Gasteiger partial charge is 0.464 e. The van der Waals surface area contributed by atoms with Gasteiger partial charge in [-0.15, -0.1) is 0 Å². The van der Waals surface area contributed by atoms with Gasteiger partial charge in [0.25, 0.3) is 0 Å². The third-order valence-electron chi connectivity index (χ3n) is 3.96. The van der Waals surface area contributed by atoms with E-state index in [4.69, 9.17) is 5.73 Å². The molecule has 2 rings (SSSR count). The number of rotatable bonds is 3. The number of nitrogens with zero attached hydrogens (tertiary/aromatic N) is 2. The molecule has 0 saturated heterocycles. The van der Waals surface area contributed by atoms with E-state index in [9.17, 15) is 4.79 Å². The standard InChI is InChI=1S/C13H21N3O2/c1-3-9-6-4-5-7-10(9)16-8-15-11(12(16)14)13(17)18-2/h8-10H,3-7,14H2,1-2H3. The molecule has 0 amide bonds. The maximum atomic E-state index is 11.5. The van der Waals surface area contributed by atoms with Crippen LogP contribution in [0, 0.1) is 5.92 Å². The van der Waals surface area contributed by atoms with Crippen molar-refractivity contribution in [3.05, 3.63) is 12.0 Å². The second-order valence-corrected chi connectivity index (χ2v) is 4.90. The lowest BCUT2D eigenvalue weighted by Gasteiger charge is -2.32. The lowest BCUT2D eigenvalue weighted by molar-refractivity contribution is 0.0595. The normalized spacial score (nSPS) is 23.9. The Labute approximate surface area is 107 Å². The number of carbonyl (C=O) groups is 1. The molecule has 5 heteroatoms. The number of anilines is 1. The number of aromatic nitrogens is 2. The van der Waals surface area contributed by atoms with Crippen LogP contribution in [0.4, 0.5) is 5.82 Å². The third-order valence-corrected chi connectivity index (χ3v) is 3.96. The van der Waals surface area contributed by atoms with Crippen LogP contribution in [0.2, 0.25) is 0 Å². The first-order valence-corrected chi connectivity index (χ1v) is 6.59. The summed E-state index contributed by atoms with van der Waals surface area (Å²) >= 11 is 0. The molecule has 2 atom stereocenters. The SMILES string of the molecule is CCC1CCCCC1n1cnc(C(=O)OC)c1N. The summed E-state index contributed by atoms with van der Waals surface area (Å²) in [5.74, 6) is 0.600. The van der Waals surface area contributed by atoms with Crippen molar-refractivity contribution in [3.63, 3.8) is 0 Å². The van der Waals surface area contributed by atoms with Crippen molar-refractivity contribution in [1.29, 1.82) is 0 Å². The van der Waals surface area contributed by atoms with E-state index in [0.29, 0.717) is 17.8 Å². The Kier molecular flexibility index (Phi) is 3.89. The van der Waals surface area contributed by atoms with Crippen molar-refractivity contribution >= 4 is 11.8 Å². The second-order valence-electron chi connectivity index (χ2n) is 4.90. The number of nitrogen functional groups attached to an aromatic ring is 1. The number of hydrogen-bond donors (Lipinski definition) is 1. The zero-order chi connectivity index (χ0) is 13.1. The minimum atomic E-state index is -0.463. The van der Waals surface area contributed by atoms with Crippen LogP contribution in [0.3, 0.4) is 0 Å². The van der Waals surface area contributed by atoms with Gasteiger partial charge in [-0.2, -0.15) is 0 Å². The Bertz CT molecular complexity index is 428. The van der Waals surface area contributed by atoms with E-state index in [2.05, 4.69) is 16.6 Å². The summed E-state index contributed by atoms with van der Waals surface area (Å²) in [4.78, 5) is 15.6. The molecule has 2 unspecified atom stereocenters. The number of nitrogens with two attached hydrogens (primary N) is 1. The van der Waals surface area contributed by atoms with Crippen LogP contribution < -0.4 is 5.73 Å². The molecule has 1 saturated carbocycles. The molecule has 0 aliphatic heterocycles. The fourth-order valence-electron chi connectivity index (χ4n) is 2.92. The molecule has 1 fully saturated rings. The minimum absolute atomic E-state index is 0.234. The number of imidazole rings is 1. The van der Waals surface area contributed by atoms with Crippen LogP contribution in [0.25, 0.3) is 0 Å². The predicted molar refractivity (Wildman–Crippen MR) is 69.3 cm³/mol. The molecule has 1 aliphatic carbocycles. The van der Waals surface area contributed by atoms with Gasteiger partial charge in [-0.25, -0.2) is 9.78 Å². The lowest BCUT2D eigenvalue weighted by Crippen LogP contribution is -2.23. The summed E-state index contributed by atoms with van der Waals surface area (Å²) < 4.78 is 6.63. The van der Waals surface area contributed by atoms with Crippen molar-refractivity contribution < 1.29 is 9.53 Å². The van der Waals surface area contributed by atoms with Crippen LogP contribution in [-0.2, 0) is 4.74 Å². The Morgan fingerprint density at radius 1 is 1.56 bits per heavy atom. The van der Waals surface area contributed by atoms with Gasteiger partial charge in [0.1, 0.15) is 5.82 Å². The van der Waals surface area contributed by atoms with Gasteiger partial charge in [-0.1, -0.05) is 26.2 Å². The van der Waals surface area contributed by atoms with E-state index in [0.717, 1.165) is 12.8 Å². The molecule has 18 heavy (non-hydrogen) atoms. The lowest BCUT2D eigenvalue weighted by atomic mass is 9.83. The first-order valence-electron chi connectivity index (χ1n) is 6.59. The highest BCUT2D eigenvalue weighted by Crippen LogP contribution is 2.37. The molecule has 1 aromatic heterocycles. The van der Waals surface area contributed by atoms with Crippen LogP contribution in [-0.4, -0.2) is 22.6 Å². The Morgan fingerprint density at radius 2 is 2.28 bits per heavy atom. The Morgan fingerprint density at radius 3 is 2.94 bits per heavy atom. The molecule has 1 heterocycles. The molecule has 0 spiro atoms. The first-order chi connectivity index (χ1) is 8.69. The van der Waals surface area contributed by atoms with Crippen molar-refractivity contribution in [2.45, 2.75) is 45.1 Å².